The maximum atomic E-state index is 6.32. The number of nitrogens with zero attached hydrogens (tertiary/aromatic N) is 1. The van der Waals surface area contributed by atoms with Gasteiger partial charge in [0.15, 0.2) is 0 Å². The average Bonchev–Trinajstić information content (AvgIpc) is 3.57. The van der Waals surface area contributed by atoms with Crippen molar-refractivity contribution in [1.82, 2.24) is 0 Å². The molecule has 1 heterocycles. The minimum atomic E-state index is 0.890. The van der Waals surface area contributed by atoms with Gasteiger partial charge in [-0.1, -0.05) is 140 Å². The summed E-state index contributed by atoms with van der Waals surface area (Å²) in [7, 11) is 0. The fraction of sp³-hybridized carbons (Fsp3) is 0. The Labute approximate surface area is 298 Å². The van der Waals surface area contributed by atoms with Crippen molar-refractivity contribution in [2.75, 3.05) is 4.90 Å². The standard InChI is InChI=1S/C50H29NO/c1-2-15-35-30(10-1)11-8-22-43(35)51(34-26-27-46-42(29-34)36-16-3-4-23-45(36)52-46)44-28-33-14-7-19-38-37-17-5-12-31-24-25-32-13-6-18-39(48(32)47(31)37)40-20-9-21-41(44)50(40)49(33)38/h1-29H. The zero-order chi connectivity index (χ0) is 33.9. The third kappa shape index (κ3) is 3.73. The van der Waals surface area contributed by atoms with Crippen molar-refractivity contribution in [1.29, 1.82) is 0 Å². The predicted molar refractivity (Wildman–Crippen MR) is 222 cm³/mol. The Kier molecular flexibility index (Phi) is 5.53. The van der Waals surface area contributed by atoms with Crippen LogP contribution in [0.1, 0.15) is 0 Å². The predicted octanol–water partition coefficient (Wildman–Crippen LogP) is 14.6. The van der Waals surface area contributed by atoms with Gasteiger partial charge in [-0.05, 0) is 95.6 Å². The van der Waals surface area contributed by atoms with Crippen LogP contribution in [-0.2, 0) is 0 Å². The Morgan fingerprint density at radius 3 is 1.58 bits per heavy atom. The summed E-state index contributed by atoms with van der Waals surface area (Å²) in [5.74, 6) is 0. The van der Waals surface area contributed by atoms with Gasteiger partial charge >= 0.3 is 0 Å². The van der Waals surface area contributed by atoms with Crippen molar-refractivity contribution in [3.05, 3.63) is 176 Å². The number of hydrogen-bond donors (Lipinski definition) is 0. The largest absolute Gasteiger partial charge is 0.456 e. The Morgan fingerprint density at radius 2 is 0.808 bits per heavy atom. The first-order valence-electron chi connectivity index (χ1n) is 17.9. The molecule has 11 aromatic carbocycles. The second-order valence-electron chi connectivity index (χ2n) is 14.0. The highest BCUT2D eigenvalue weighted by molar-refractivity contribution is 6.38. The molecule has 0 atom stereocenters. The van der Waals surface area contributed by atoms with Crippen LogP contribution in [0.15, 0.2) is 180 Å². The summed E-state index contributed by atoms with van der Waals surface area (Å²) in [4.78, 5) is 2.47. The molecule has 0 bridgehead atoms. The summed E-state index contributed by atoms with van der Waals surface area (Å²) in [5.41, 5.74) is 5.16. The van der Waals surface area contributed by atoms with E-state index in [4.69, 9.17) is 4.42 Å². The number of para-hydroxylation sites is 1. The average molecular weight is 660 g/mol. The summed E-state index contributed by atoms with van der Waals surface area (Å²) in [6, 6.07) is 64.6. The minimum Gasteiger partial charge on any atom is -0.456 e. The van der Waals surface area contributed by atoms with E-state index in [1.165, 1.54) is 75.4 Å². The molecule has 2 nitrogen and oxygen atoms in total. The highest BCUT2D eigenvalue weighted by atomic mass is 16.3. The third-order valence-corrected chi connectivity index (χ3v) is 11.3. The van der Waals surface area contributed by atoms with E-state index in [0.717, 1.165) is 39.0 Å². The molecule has 240 valence electrons. The number of benzene rings is 10. The van der Waals surface area contributed by atoms with E-state index in [1.54, 1.807) is 0 Å². The highest BCUT2D eigenvalue weighted by Crippen LogP contribution is 2.49. The number of furan rings is 1. The first-order chi connectivity index (χ1) is 25.8. The zero-order valence-corrected chi connectivity index (χ0v) is 28.1. The van der Waals surface area contributed by atoms with E-state index in [-0.39, 0.29) is 0 Å². The van der Waals surface area contributed by atoms with Gasteiger partial charge in [-0.2, -0.15) is 0 Å². The van der Waals surface area contributed by atoms with Crippen molar-refractivity contribution >= 4 is 114 Å². The third-order valence-electron chi connectivity index (χ3n) is 11.3. The summed E-state index contributed by atoms with van der Waals surface area (Å²) < 4.78 is 6.32. The van der Waals surface area contributed by atoms with Gasteiger partial charge in [0.25, 0.3) is 0 Å². The SMILES string of the molecule is c1ccc2c(N(c3ccc4oc5ccccc5c4c3)c3cc4cccc5c6cccc7ccc8cccc(c9cccc3c9c45)c8c76)cccc2c1. The Morgan fingerprint density at radius 1 is 0.288 bits per heavy atom. The lowest BCUT2D eigenvalue weighted by molar-refractivity contribution is 0.669. The minimum absolute atomic E-state index is 0.890. The molecule has 0 N–H and O–H groups in total. The fourth-order valence-corrected chi connectivity index (χ4v) is 9.13. The van der Waals surface area contributed by atoms with Crippen molar-refractivity contribution in [2.24, 2.45) is 0 Å². The second-order valence-corrected chi connectivity index (χ2v) is 14.0. The van der Waals surface area contributed by atoms with Crippen molar-refractivity contribution in [2.45, 2.75) is 0 Å². The monoisotopic (exact) mass is 659 g/mol. The lowest BCUT2D eigenvalue weighted by atomic mass is 9.87. The Bertz CT molecular complexity index is 3420. The molecule has 2 heteroatoms. The van der Waals surface area contributed by atoms with E-state index in [9.17, 15) is 0 Å². The van der Waals surface area contributed by atoms with Crippen LogP contribution >= 0.6 is 0 Å². The molecule has 0 radical (unpaired) electrons. The van der Waals surface area contributed by atoms with E-state index in [2.05, 4.69) is 175 Å². The van der Waals surface area contributed by atoms with Crippen molar-refractivity contribution in [3.8, 4) is 0 Å². The lowest BCUT2D eigenvalue weighted by Crippen LogP contribution is -2.11. The van der Waals surface area contributed by atoms with Crippen LogP contribution in [0.25, 0.3) is 97.3 Å². The molecule has 52 heavy (non-hydrogen) atoms. The lowest BCUT2D eigenvalue weighted by Gasteiger charge is -2.29. The van der Waals surface area contributed by atoms with Gasteiger partial charge in [0.2, 0.25) is 0 Å². The molecule has 0 aliphatic carbocycles. The van der Waals surface area contributed by atoms with Crippen LogP contribution < -0.4 is 4.90 Å². The van der Waals surface area contributed by atoms with Gasteiger partial charge in [0.05, 0.1) is 11.4 Å². The van der Waals surface area contributed by atoms with Crippen molar-refractivity contribution < 1.29 is 4.42 Å². The Hall–Kier alpha value is -6.90. The number of rotatable bonds is 3. The summed E-state index contributed by atoms with van der Waals surface area (Å²) in [5, 5.41) is 19.9. The molecular formula is C50H29NO. The topological polar surface area (TPSA) is 16.4 Å². The first kappa shape index (κ1) is 27.9. The van der Waals surface area contributed by atoms with E-state index in [0.29, 0.717) is 0 Å². The molecule has 0 fully saturated rings. The fourth-order valence-electron chi connectivity index (χ4n) is 9.13. The zero-order valence-electron chi connectivity index (χ0n) is 28.1. The molecule has 0 saturated carbocycles. The van der Waals surface area contributed by atoms with E-state index >= 15 is 0 Å². The quantitative estimate of drug-likeness (QED) is 0.176. The smallest absolute Gasteiger partial charge is 0.135 e. The van der Waals surface area contributed by atoms with Crippen molar-refractivity contribution in [3.63, 3.8) is 0 Å². The molecule has 0 aliphatic rings. The second kappa shape index (κ2) is 10.3. The van der Waals surface area contributed by atoms with Crippen LogP contribution in [0.2, 0.25) is 0 Å². The summed E-state index contributed by atoms with van der Waals surface area (Å²) in [6.45, 7) is 0. The molecule has 0 amide bonds. The molecular weight excluding hydrogens is 631 g/mol. The normalized spacial score (nSPS) is 12.2. The number of hydrogen-bond acceptors (Lipinski definition) is 2. The molecule has 0 aliphatic heterocycles. The maximum Gasteiger partial charge on any atom is 0.135 e. The van der Waals surface area contributed by atoms with Gasteiger partial charge in [0.1, 0.15) is 11.2 Å². The Balaban J connectivity index is 1.29. The molecule has 12 aromatic rings. The van der Waals surface area contributed by atoms with Gasteiger partial charge in [-0.15, -0.1) is 0 Å². The summed E-state index contributed by atoms with van der Waals surface area (Å²) in [6.07, 6.45) is 0. The van der Waals surface area contributed by atoms with Crippen LogP contribution in [-0.4, -0.2) is 0 Å². The molecule has 0 saturated heterocycles. The van der Waals surface area contributed by atoms with Gasteiger partial charge in [-0.25, -0.2) is 0 Å². The maximum absolute atomic E-state index is 6.32. The molecule has 0 unspecified atom stereocenters. The van der Waals surface area contributed by atoms with Crippen LogP contribution in [0.5, 0.6) is 0 Å². The first-order valence-corrected chi connectivity index (χ1v) is 17.9. The van der Waals surface area contributed by atoms with Crippen LogP contribution in [0, 0.1) is 0 Å². The molecule has 0 spiro atoms. The summed E-state index contributed by atoms with van der Waals surface area (Å²) >= 11 is 0. The van der Waals surface area contributed by atoms with Gasteiger partial charge in [-0.3, -0.25) is 0 Å². The van der Waals surface area contributed by atoms with Gasteiger partial charge < -0.3 is 9.32 Å². The molecule has 12 rings (SSSR count). The van der Waals surface area contributed by atoms with E-state index < -0.39 is 0 Å². The van der Waals surface area contributed by atoms with Gasteiger partial charge in [0, 0.05) is 32.6 Å². The van der Waals surface area contributed by atoms with Crippen LogP contribution in [0.3, 0.4) is 0 Å². The molecule has 1 aromatic heterocycles. The highest BCUT2D eigenvalue weighted by Gasteiger charge is 2.23. The number of anilines is 3. The van der Waals surface area contributed by atoms with E-state index in [1.807, 2.05) is 6.07 Å². The van der Waals surface area contributed by atoms with Crippen LogP contribution in [0.4, 0.5) is 17.1 Å². The number of fused-ring (bicyclic) bond motifs is 6.